The molecule has 0 radical (unpaired) electrons. The SMILES string of the molecule is COCO[C@@H]1C[C@H](COC)C=C[C@H]1[C@@H](/C=C\CO)O[Si](c1ccccc1)(c1ccccc1)C(C)(C)C. The zero-order valence-electron chi connectivity index (χ0n) is 22.3. The molecule has 0 bridgehead atoms. The highest BCUT2D eigenvalue weighted by Gasteiger charge is 2.52. The third-order valence-corrected chi connectivity index (χ3v) is 11.9. The minimum atomic E-state index is -2.82. The van der Waals surface area contributed by atoms with Gasteiger partial charge >= 0.3 is 0 Å². The first-order chi connectivity index (χ1) is 17.4. The Kier molecular flexibility index (Phi) is 10.7. The third kappa shape index (κ3) is 6.62. The van der Waals surface area contributed by atoms with E-state index in [2.05, 4.69) is 81.5 Å². The van der Waals surface area contributed by atoms with E-state index in [1.54, 1.807) is 20.3 Å². The summed E-state index contributed by atoms with van der Waals surface area (Å²) < 4.78 is 24.4. The van der Waals surface area contributed by atoms with Gasteiger partial charge in [-0.15, -0.1) is 0 Å². The molecule has 0 aliphatic heterocycles. The minimum Gasteiger partial charge on any atom is -0.400 e. The van der Waals surface area contributed by atoms with Crippen molar-refractivity contribution in [1.82, 2.24) is 0 Å². The molecule has 0 spiro atoms. The summed E-state index contributed by atoms with van der Waals surface area (Å²) in [5, 5.41) is 12.0. The van der Waals surface area contributed by atoms with Crippen LogP contribution in [0.15, 0.2) is 85.0 Å². The second-order valence-electron chi connectivity index (χ2n) is 10.4. The maximum absolute atomic E-state index is 9.71. The van der Waals surface area contributed by atoms with E-state index in [-0.39, 0.29) is 42.5 Å². The maximum atomic E-state index is 9.71. The Labute approximate surface area is 217 Å². The standard InChI is InChI=1S/C30H42O5Si/c1-30(2,3)36(25-13-8-6-9-14-25,26-15-10-7-11-16-26)35-28(17-12-20-31)27-19-18-24(22-32-4)21-29(27)34-23-33-5/h6-19,24,27-29,31H,20-23H2,1-5H3/b17-12-/t24-,27+,28-,29-/m1/s1. The summed E-state index contributed by atoms with van der Waals surface area (Å²) in [6.45, 7) is 7.63. The monoisotopic (exact) mass is 510 g/mol. The molecule has 0 amide bonds. The van der Waals surface area contributed by atoms with Crippen molar-refractivity contribution < 1.29 is 23.7 Å². The average Bonchev–Trinajstić information content (AvgIpc) is 2.88. The van der Waals surface area contributed by atoms with Crippen LogP contribution in [0, 0.1) is 11.8 Å². The molecular formula is C30H42O5Si. The quantitative estimate of drug-likeness (QED) is 0.262. The Morgan fingerprint density at radius 1 is 0.944 bits per heavy atom. The van der Waals surface area contributed by atoms with Crippen molar-refractivity contribution in [3.05, 3.63) is 85.0 Å². The van der Waals surface area contributed by atoms with Crippen molar-refractivity contribution >= 4 is 18.7 Å². The van der Waals surface area contributed by atoms with Gasteiger partial charge in [-0.3, -0.25) is 0 Å². The van der Waals surface area contributed by atoms with Gasteiger partial charge in [0, 0.05) is 26.1 Å². The van der Waals surface area contributed by atoms with E-state index >= 15 is 0 Å². The second-order valence-corrected chi connectivity index (χ2v) is 14.6. The van der Waals surface area contributed by atoms with Crippen molar-refractivity contribution in [3.63, 3.8) is 0 Å². The Morgan fingerprint density at radius 3 is 2.06 bits per heavy atom. The summed E-state index contributed by atoms with van der Waals surface area (Å²) >= 11 is 0. The highest BCUT2D eigenvalue weighted by molar-refractivity contribution is 6.99. The maximum Gasteiger partial charge on any atom is 0.261 e. The summed E-state index contributed by atoms with van der Waals surface area (Å²) in [6.07, 6.45) is 8.62. The van der Waals surface area contributed by atoms with Crippen LogP contribution in [0.2, 0.25) is 5.04 Å². The fourth-order valence-corrected chi connectivity index (χ4v) is 9.93. The lowest BCUT2D eigenvalue weighted by Gasteiger charge is -2.47. The summed E-state index contributed by atoms with van der Waals surface area (Å²) in [7, 11) is 0.550. The van der Waals surface area contributed by atoms with Crippen LogP contribution in [0.3, 0.4) is 0 Å². The van der Waals surface area contributed by atoms with E-state index in [4.69, 9.17) is 18.6 Å². The van der Waals surface area contributed by atoms with Gasteiger partial charge in [0.25, 0.3) is 8.32 Å². The molecule has 0 saturated heterocycles. The first kappa shape index (κ1) is 28.5. The number of aliphatic hydroxyl groups is 1. The van der Waals surface area contributed by atoms with E-state index in [9.17, 15) is 5.11 Å². The number of rotatable bonds is 12. The van der Waals surface area contributed by atoms with Crippen LogP contribution in [0.1, 0.15) is 27.2 Å². The van der Waals surface area contributed by atoms with Gasteiger partial charge in [-0.25, -0.2) is 0 Å². The Hall–Kier alpha value is -2.06. The Morgan fingerprint density at radius 2 is 1.56 bits per heavy atom. The lowest BCUT2D eigenvalue weighted by Crippen LogP contribution is -2.68. The second kappa shape index (κ2) is 13.5. The van der Waals surface area contributed by atoms with E-state index in [0.717, 1.165) is 6.42 Å². The van der Waals surface area contributed by atoms with Crippen LogP contribution in [-0.2, 0) is 18.6 Å². The topological polar surface area (TPSA) is 57.2 Å². The summed E-state index contributed by atoms with van der Waals surface area (Å²) in [5.41, 5.74) is 0. The molecule has 0 heterocycles. The normalized spacial score (nSPS) is 21.7. The van der Waals surface area contributed by atoms with Crippen LogP contribution in [0.4, 0.5) is 0 Å². The summed E-state index contributed by atoms with van der Waals surface area (Å²) in [5.74, 6) is 0.223. The van der Waals surface area contributed by atoms with Crippen LogP contribution < -0.4 is 10.4 Å². The molecule has 3 rings (SSSR count). The molecule has 1 aliphatic rings. The molecule has 1 N–H and O–H groups in total. The van der Waals surface area contributed by atoms with Gasteiger partial charge in [-0.2, -0.15) is 0 Å². The summed E-state index contributed by atoms with van der Waals surface area (Å²) in [4.78, 5) is 0. The van der Waals surface area contributed by atoms with Crippen LogP contribution in [-0.4, -0.2) is 59.9 Å². The molecule has 0 aromatic heterocycles. The van der Waals surface area contributed by atoms with Crippen LogP contribution in [0.5, 0.6) is 0 Å². The van der Waals surface area contributed by atoms with Gasteiger partial charge < -0.3 is 23.7 Å². The summed E-state index contributed by atoms with van der Waals surface area (Å²) in [6, 6.07) is 21.2. The lowest BCUT2D eigenvalue weighted by atomic mass is 9.83. The lowest BCUT2D eigenvalue weighted by molar-refractivity contribution is -0.105. The average molecular weight is 511 g/mol. The molecule has 0 unspecified atom stereocenters. The Bertz CT molecular complexity index is 915. The molecule has 196 valence electrons. The number of benzene rings is 2. The molecule has 36 heavy (non-hydrogen) atoms. The van der Waals surface area contributed by atoms with Gasteiger partial charge in [0.1, 0.15) is 6.79 Å². The number of ether oxygens (including phenoxy) is 3. The molecule has 5 nitrogen and oxygen atoms in total. The zero-order chi connectivity index (χ0) is 26.0. The van der Waals surface area contributed by atoms with Gasteiger partial charge in [-0.1, -0.05) is 106 Å². The van der Waals surface area contributed by atoms with Crippen LogP contribution >= 0.6 is 0 Å². The number of methoxy groups -OCH3 is 2. The fraction of sp³-hybridized carbons (Fsp3) is 0.467. The molecule has 1 aliphatic carbocycles. The van der Waals surface area contributed by atoms with Gasteiger partial charge in [0.2, 0.25) is 0 Å². The Balaban J connectivity index is 2.14. The van der Waals surface area contributed by atoms with E-state index in [0.29, 0.717) is 6.61 Å². The molecule has 6 heteroatoms. The molecular weight excluding hydrogens is 468 g/mol. The molecule has 2 aromatic rings. The highest BCUT2D eigenvalue weighted by atomic mass is 28.4. The number of hydrogen-bond acceptors (Lipinski definition) is 5. The van der Waals surface area contributed by atoms with Crippen molar-refractivity contribution in [2.24, 2.45) is 11.8 Å². The van der Waals surface area contributed by atoms with Gasteiger partial charge in [0.15, 0.2) is 0 Å². The van der Waals surface area contributed by atoms with Gasteiger partial charge in [0.05, 0.1) is 25.4 Å². The van der Waals surface area contributed by atoms with Crippen LogP contribution in [0.25, 0.3) is 0 Å². The predicted molar refractivity (Wildman–Crippen MR) is 148 cm³/mol. The smallest absolute Gasteiger partial charge is 0.261 e. The van der Waals surface area contributed by atoms with Crippen molar-refractivity contribution in [2.45, 2.75) is 44.4 Å². The van der Waals surface area contributed by atoms with E-state index < -0.39 is 8.32 Å². The van der Waals surface area contributed by atoms with Crippen molar-refractivity contribution in [2.75, 3.05) is 34.2 Å². The molecule has 0 saturated carbocycles. The zero-order valence-corrected chi connectivity index (χ0v) is 23.3. The number of aliphatic hydroxyl groups excluding tert-OH is 1. The van der Waals surface area contributed by atoms with Crippen molar-refractivity contribution in [1.29, 1.82) is 0 Å². The van der Waals surface area contributed by atoms with Crippen molar-refractivity contribution in [3.8, 4) is 0 Å². The minimum absolute atomic E-state index is 0.0438. The fourth-order valence-electron chi connectivity index (χ4n) is 5.27. The van der Waals surface area contributed by atoms with E-state index in [1.807, 2.05) is 18.2 Å². The molecule has 2 aromatic carbocycles. The first-order valence-corrected chi connectivity index (χ1v) is 14.6. The van der Waals surface area contributed by atoms with E-state index in [1.165, 1.54) is 10.4 Å². The third-order valence-electron chi connectivity index (χ3n) is 6.89. The predicted octanol–water partition coefficient (Wildman–Crippen LogP) is 4.31. The first-order valence-electron chi connectivity index (χ1n) is 12.7. The largest absolute Gasteiger partial charge is 0.400 e. The highest BCUT2D eigenvalue weighted by Crippen LogP contribution is 2.40. The molecule has 0 fully saturated rings. The molecule has 4 atom stereocenters. The number of hydrogen-bond donors (Lipinski definition) is 1. The van der Waals surface area contributed by atoms with Gasteiger partial charge in [-0.05, 0) is 21.8 Å².